The van der Waals surface area contributed by atoms with Crippen LogP contribution in [0.15, 0.2) is 48.5 Å². The zero-order chi connectivity index (χ0) is 19.6. The normalized spacial score (nSPS) is 22.6. The number of hydrogen-bond acceptors (Lipinski definition) is 4. The molecule has 3 aliphatic heterocycles. The molecule has 2 aromatic carbocycles. The molecule has 5 nitrogen and oxygen atoms in total. The topological polar surface area (TPSA) is 42.0 Å². The molecule has 0 spiro atoms. The molecule has 1 amide bonds. The van der Waals surface area contributed by atoms with Crippen LogP contribution in [-0.2, 0) is 4.79 Å². The first kappa shape index (κ1) is 18.5. The van der Waals surface area contributed by atoms with E-state index in [0.717, 1.165) is 62.4 Å². The molecule has 0 saturated carbocycles. The van der Waals surface area contributed by atoms with Crippen LogP contribution >= 0.6 is 0 Å². The molecule has 152 valence electrons. The van der Waals surface area contributed by atoms with E-state index in [9.17, 15) is 4.79 Å². The van der Waals surface area contributed by atoms with Gasteiger partial charge in [0.05, 0.1) is 0 Å². The number of ether oxygens (including phenoxy) is 2. The van der Waals surface area contributed by atoms with Gasteiger partial charge < -0.3 is 14.4 Å². The van der Waals surface area contributed by atoms with Crippen LogP contribution < -0.4 is 9.47 Å². The second-order valence-corrected chi connectivity index (χ2v) is 8.14. The number of nitrogens with zero attached hydrogens (tertiary/aromatic N) is 2. The van der Waals surface area contributed by atoms with Crippen LogP contribution in [0.3, 0.4) is 0 Å². The van der Waals surface area contributed by atoms with Gasteiger partial charge in [-0.25, -0.2) is 0 Å². The first-order valence-electron chi connectivity index (χ1n) is 10.8. The Morgan fingerprint density at radius 2 is 1.66 bits per heavy atom. The zero-order valence-corrected chi connectivity index (χ0v) is 16.8. The van der Waals surface area contributed by atoms with Crippen LogP contribution in [0.2, 0.25) is 0 Å². The Kier molecular flexibility index (Phi) is 5.15. The molecule has 2 saturated heterocycles. The molecule has 2 atom stereocenters. The minimum atomic E-state index is -0.227. The SMILES string of the molecule is O=C([C@@H](c1ccccc1)N1CCC[C@@H]1c1ccc2c(c1)OCCO2)N1CCCC1. The lowest BCUT2D eigenvalue weighted by molar-refractivity contribution is -0.136. The first-order valence-corrected chi connectivity index (χ1v) is 10.8. The number of fused-ring (bicyclic) bond motifs is 1. The fourth-order valence-corrected chi connectivity index (χ4v) is 4.94. The first-order chi connectivity index (χ1) is 14.3. The summed E-state index contributed by atoms with van der Waals surface area (Å²) in [6.07, 6.45) is 4.36. The van der Waals surface area contributed by atoms with Gasteiger partial charge in [-0.05, 0) is 55.5 Å². The van der Waals surface area contributed by atoms with Crippen molar-refractivity contribution >= 4 is 5.91 Å². The van der Waals surface area contributed by atoms with Crippen molar-refractivity contribution in [3.05, 3.63) is 59.7 Å². The maximum Gasteiger partial charge on any atom is 0.244 e. The highest BCUT2D eigenvalue weighted by molar-refractivity contribution is 5.83. The number of likely N-dealkylation sites (tertiary alicyclic amines) is 2. The number of rotatable bonds is 4. The average molecular weight is 392 g/mol. The molecule has 0 aliphatic carbocycles. The molecule has 0 N–H and O–H groups in total. The molecule has 5 heteroatoms. The fourth-order valence-electron chi connectivity index (χ4n) is 4.94. The molecular formula is C24H28N2O3. The minimum absolute atomic E-state index is 0.211. The van der Waals surface area contributed by atoms with Gasteiger partial charge in [-0.1, -0.05) is 36.4 Å². The molecule has 3 aliphatic rings. The molecule has 0 radical (unpaired) electrons. The highest BCUT2D eigenvalue weighted by atomic mass is 16.6. The lowest BCUT2D eigenvalue weighted by atomic mass is 9.98. The zero-order valence-electron chi connectivity index (χ0n) is 16.8. The molecule has 0 aromatic heterocycles. The largest absolute Gasteiger partial charge is 0.486 e. The molecule has 3 heterocycles. The summed E-state index contributed by atoms with van der Waals surface area (Å²) in [5.41, 5.74) is 2.30. The molecular weight excluding hydrogens is 364 g/mol. The van der Waals surface area contributed by atoms with Gasteiger partial charge in [0.15, 0.2) is 11.5 Å². The van der Waals surface area contributed by atoms with E-state index in [1.54, 1.807) is 0 Å². The van der Waals surface area contributed by atoms with Gasteiger partial charge in [0.25, 0.3) is 0 Å². The second kappa shape index (κ2) is 8.07. The van der Waals surface area contributed by atoms with Gasteiger partial charge >= 0.3 is 0 Å². The van der Waals surface area contributed by atoms with Crippen molar-refractivity contribution in [2.24, 2.45) is 0 Å². The van der Waals surface area contributed by atoms with Crippen molar-refractivity contribution in [2.75, 3.05) is 32.8 Å². The molecule has 5 rings (SSSR count). The maximum atomic E-state index is 13.6. The fraction of sp³-hybridized carbons (Fsp3) is 0.458. The predicted molar refractivity (Wildman–Crippen MR) is 111 cm³/mol. The minimum Gasteiger partial charge on any atom is -0.486 e. The number of amides is 1. The number of carbonyl (C=O) groups excluding carboxylic acids is 1. The highest BCUT2D eigenvalue weighted by Gasteiger charge is 2.39. The molecule has 2 fully saturated rings. The van der Waals surface area contributed by atoms with E-state index in [1.165, 1.54) is 5.56 Å². The van der Waals surface area contributed by atoms with Gasteiger partial charge in [0, 0.05) is 19.1 Å². The summed E-state index contributed by atoms with van der Waals surface area (Å²) in [4.78, 5) is 18.0. The van der Waals surface area contributed by atoms with Gasteiger partial charge in [-0.15, -0.1) is 0 Å². The van der Waals surface area contributed by atoms with E-state index in [-0.39, 0.29) is 18.0 Å². The third-order valence-corrected chi connectivity index (χ3v) is 6.34. The van der Waals surface area contributed by atoms with Gasteiger partial charge in [-0.2, -0.15) is 0 Å². The Bertz CT molecular complexity index is 864. The quantitative estimate of drug-likeness (QED) is 0.790. The van der Waals surface area contributed by atoms with E-state index < -0.39 is 0 Å². The Hall–Kier alpha value is -2.53. The smallest absolute Gasteiger partial charge is 0.244 e. The summed E-state index contributed by atoms with van der Waals surface area (Å²) in [6.45, 7) is 3.88. The van der Waals surface area contributed by atoms with Gasteiger partial charge in [0.1, 0.15) is 19.3 Å². The van der Waals surface area contributed by atoms with E-state index in [2.05, 4.69) is 34.1 Å². The van der Waals surface area contributed by atoms with Crippen LogP contribution in [0.4, 0.5) is 0 Å². The Morgan fingerprint density at radius 3 is 2.45 bits per heavy atom. The van der Waals surface area contributed by atoms with Crippen molar-refractivity contribution in [1.29, 1.82) is 0 Å². The third-order valence-electron chi connectivity index (χ3n) is 6.34. The van der Waals surface area contributed by atoms with Crippen molar-refractivity contribution in [3.8, 4) is 11.5 Å². The lowest BCUT2D eigenvalue weighted by Crippen LogP contribution is -2.41. The molecule has 0 bridgehead atoms. The average Bonchev–Trinajstić information content (AvgIpc) is 3.47. The predicted octanol–water partition coefficient (Wildman–Crippen LogP) is 3.96. The molecule has 2 aromatic rings. The summed E-state index contributed by atoms with van der Waals surface area (Å²) >= 11 is 0. The van der Waals surface area contributed by atoms with E-state index in [0.29, 0.717) is 13.2 Å². The van der Waals surface area contributed by atoms with Gasteiger partial charge in [0.2, 0.25) is 5.91 Å². The van der Waals surface area contributed by atoms with Crippen LogP contribution in [0.1, 0.15) is 48.9 Å². The standard InChI is InChI=1S/C24H28N2O3/c27-24(25-12-4-5-13-25)23(18-7-2-1-3-8-18)26-14-6-9-20(26)19-10-11-21-22(17-19)29-16-15-28-21/h1-3,7-8,10-11,17,20,23H,4-6,9,12-16H2/t20-,23-/m1/s1. The summed E-state index contributed by atoms with van der Waals surface area (Å²) in [5, 5.41) is 0. The summed E-state index contributed by atoms with van der Waals surface area (Å²) in [7, 11) is 0. The number of carbonyl (C=O) groups is 1. The summed E-state index contributed by atoms with van der Waals surface area (Å²) < 4.78 is 11.5. The lowest BCUT2D eigenvalue weighted by Gasteiger charge is -2.35. The Balaban J connectivity index is 1.48. The van der Waals surface area contributed by atoms with E-state index >= 15 is 0 Å². The van der Waals surface area contributed by atoms with Crippen LogP contribution in [0, 0.1) is 0 Å². The number of benzene rings is 2. The number of hydrogen-bond donors (Lipinski definition) is 0. The van der Waals surface area contributed by atoms with E-state index in [4.69, 9.17) is 9.47 Å². The second-order valence-electron chi connectivity index (χ2n) is 8.14. The van der Waals surface area contributed by atoms with Crippen molar-refractivity contribution < 1.29 is 14.3 Å². The van der Waals surface area contributed by atoms with Crippen LogP contribution in [0.25, 0.3) is 0 Å². The van der Waals surface area contributed by atoms with Crippen molar-refractivity contribution in [1.82, 2.24) is 9.80 Å². The Morgan fingerprint density at radius 1 is 0.897 bits per heavy atom. The third kappa shape index (κ3) is 3.60. The Labute approximate surface area is 172 Å². The van der Waals surface area contributed by atoms with Gasteiger partial charge in [-0.3, -0.25) is 9.69 Å². The molecule has 29 heavy (non-hydrogen) atoms. The maximum absolute atomic E-state index is 13.6. The van der Waals surface area contributed by atoms with Crippen molar-refractivity contribution in [2.45, 2.75) is 37.8 Å². The highest BCUT2D eigenvalue weighted by Crippen LogP contribution is 2.42. The van der Waals surface area contributed by atoms with Crippen molar-refractivity contribution in [3.63, 3.8) is 0 Å². The summed E-state index contributed by atoms with van der Waals surface area (Å²) in [6, 6.07) is 16.5. The summed E-state index contributed by atoms with van der Waals surface area (Å²) in [5.74, 6) is 1.89. The van der Waals surface area contributed by atoms with E-state index in [1.807, 2.05) is 24.3 Å². The van der Waals surface area contributed by atoms with Crippen LogP contribution in [-0.4, -0.2) is 48.6 Å². The molecule has 0 unspecified atom stereocenters. The van der Waals surface area contributed by atoms with Crippen LogP contribution in [0.5, 0.6) is 11.5 Å². The monoisotopic (exact) mass is 392 g/mol.